The molecule has 1 aromatic carbocycles. The van der Waals surface area contributed by atoms with Crippen molar-refractivity contribution in [1.82, 2.24) is 4.90 Å². The van der Waals surface area contributed by atoms with Crippen molar-refractivity contribution in [2.45, 2.75) is 50.7 Å². The lowest BCUT2D eigenvalue weighted by Gasteiger charge is -2.33. The maximum absolute atomic E-state index is 12.7. The first kappa shape index (κ1) is 18.3. The van der Waals surface area contributed by atoms with E-state index >= 15 is 0 Å². The van der Waals surface area contributed by atoms with E-state index in [4.69, 9.17) is 9.84 Å². The number of amides is 1. The number of ether oxygens (including phenoxy) is 1. The SMILES string of the molecule is O=C(O)c1cc(C(=O)N2CCC(OC3CCCC3)CC2)cc([N+](=O)[O-])c1. The number of benzene rings is 1. The molecule has 0 radical (unpaired) electrons. The first-order valence-electron chi connectivity index (χ1n) is 8.91. The van der Waals surface area contributed by atoms with Crippen molar-refractivity contribution in [3.8, 4) is 0 Å². The van der Waals surface area contributed by atoms with Gasteiger partial charge in [-0.05, 0) is 31.7 Å². The number of carboxylic acid groups (broad SMARTS) is 1. The maximum atomic E-state index is 12.7. The predicted octanol–water partition coefficient (Wildman–Crippen LogP) is 2.86. The highest BCUT2D eigenvalue weighted by Crippen LogP contribution is 2.26. The summed E-state index contributed by atoms with van der Waals surface area (Å²) in [5, 5.41) is 20.1. The second kappa shape index (κ2) is 7.82. The molecule has 1 N–H and O–H groups in total. The zero-order chi connectivity index (χ0) is 18.7. The van der Waals surface area contributed by atoms with Gasteiger partial charge in [0.25, 0.3) is 11.6 Å². The van der Waals surface area contributed by atoms with Crippen LogP contribution in [-0.4, -0.2) is 52.1 Å². The van der Waals surface area contributed by atoms with Crippen LogP contribution in [0.3, 0.4) is 0 Å². The molecule has 140 valence electrons. The number of carbonyl (C=O) groups is 2. The molecule has 1 heterocycles. The Balaban J connectivity index is 1.66. The molecular weight excluding hydrogens is 340 g/mol. The Morgan fingerprint density at radius 1 is 1.04 bits per heavy atom. The van der Waals surface area contributed by atoms with E-state index in [1.807, 2.05) is 0 Å². The van der Waals surface area contributed by atoms with Crippen LogP contribution in [0.5, 0.6) is 0 Å². The minimum atomic E-state index is -1.30. The molecule has 2 aliphatic rings. The van der Waals surface area contributed by atoms with Crippen molar-refractivity contribution in [3.05, 3.63) is 39.4 Å². The summed E-state index contributed by atoms with van der Waals surface area (Å²) in [6.07, 6.45) is 6.54. The zero-order valence-corrected chi connectivity index (χ0v) is 14.4. The number of carboxylic acids is 1. The normalized spacial score (nSPS) is 18.8. The van der Waals surface area contributed by atoms with Crippen molar-refractivity contribution >= 4 is 17.6 Å². The number of rotatable bonds is 5. The molecule has 1 aliphatic heterocycles. The molecule has 0 bridgehead atoms. The summed E-state index contributed by atoms with van der Waals surface area (Å²) in [5.74, 6) is -1.68. The van der Waals surface area contributed by atoms with Gasteiger partial charge in [0.05, 0.1) is 22.7 Å². The number of hydrogen-bond acceptors (Lipinski definition) is 5. The Morgan fingerprint density at radius 2 is 1.62 bits per heavy atom. The molecule has 8 nitrogen and oxygen atoms in total. The molecule has 1 aliphatic carbocycles. The van der Waals surface area contributed by atoms with Crippen LogP contribution in [-0.2, 0) is 4.74 Å². The number of nitrogens with zero attached hydrogens (tertiary/aromatic N) is 2. The van der Waals surface area contributed by atoms with Crippen LogP contribution in [0.2, 0.25) is 0 Å². The Labute approximate surface area is 150 Å². The van der Waals surface area contributed by atoms with E-state index in [0.29, 0.717) is 19.2 Å². The van der Waals surface area contributed by atoms with Gasteiger partial charge in [0.15, 0.2) is 0 Å². The zero-order valence-electron chi connectivity index (χ0n) is 14.4. The van der Waals surface area contributed by atoms with Crippen LogP contribution < -0.4 is 0 Å². The van der Waals surface area contributed by atoms with Gasteiger partial charge in [0, 0.05) is 30.8 Å². The highest BCUT2D eigenvalue weighted by Gasteiger charge is 2.28. The number of likely N-dealkylation sites (tertiary alicyclic amines) is 1. The summed E-state index contributed by atoms with van der Waals surface area (Å²) in [5.41, 5.74) is -0.624. The number of carbonyl (C=O) groups excluding carboxylic acids is 1. The fraction of sp³-hybridized carbons (Fsp3) is 0.556. The van der Waals surface area contributed by atoms with E-state index in [1.165, 1.54) is 18.9 Å². The topological polar surface area (TPSA) is 110 Å². The minimum absolute atomic E-state index is 0.0340. The number of piperidine rings is 1. The maximum Gasteiger partial charge on any atom is 0.335 e. The Hall–Kier alpha value is -2.48. The number of non-ortho nitro benzene ring substituents is 1. The van der Waals surface area contributed by atoms with E-state index in [-0.39, 0.29) is 23.1 Å². The highest BCUT2D eigenvalue weighted by atomic mass is 16.6. The van der Waals surface area contributed by atoms with Crippen LogP contribution >= 0.6 is 0 Å². The van der Waals surface area contributed by atoms with Crippen molar-refractivity contribution in [3.63, 3.8) is 0 Å². The summed E-state index contributed by atoms with van der Waals surface area (Å²) in [6.45, 7) is 1.00. The number of nitro benzene ring substituents is 1. The van der Waals surface area contributed by atoms with Gasteiger partial charge in [0.1, 0.15) is 0 Å². The lowest BCUT2D eigenvalue weighted by atomic mass is 10.0. The first-order valence-corrected chi connectivity index (χ1v) is 8.91. The van der Waals surface area contributed by atoms with Gasteiger partial charge < -0.3 is 14.7 Å². The molecule has 1 aromatic rings. The Morgan fingerprint density at radius 3 is 2.19 bits per heavy atom. The van der Waals surface area contributed by atoms with E-state index < -0.39 is 16.6 Å². The number of aromatic carboxylic acids is 1. The summed E-state index contributed by atoms with van der Waals surface area (Å²) in [7, 11) is 0. The minimum Gasteiger partial charge on any atom is -0.478 e. The molecule has 0 atom stereocenters. The molecule has 0 spiro atoms. The summed E-state index contributed by atoms with van der Waals surface area (Å²) >= 11 is 0. The highest BCUT2D eigenvalue weighted by molar-refractivity contribution is 5.98. The predicted molar refractivity (Wildman–Crippen MR) is 92.3 cm³/mol. The van der Waals surface area contributed by atoms with Gasteiger partial charge in [0.2, 0.25) is 0 Å². The van der Waals surface area contributed by atoms with E-state index in [1.54, 1.807) is 4.90 Å². The molecule has 0 unspecified atom stereocenters. The van der Waals surface area contributed by atoms with Gasteiger partial charge in [-0.2, -0.15) is 0 Å². The van der Waals surface area contributed by atoms with Crippen molar-refractivity contribution < 1.29 is 24.4 Å². The fourth-order valence-corrected chi connectivity index (χ4v) is 3.64. The van der Waals surface area contributed by atoms with E-state index in [9.17, 15) is 19.7 Å². The standard InChI is InChI=1S/C18H22N2O6/c21-17(12-9-13(18(22)23)11-14(10-12)20(24)25)19-7-5-16(6-8-19)26-15-3-1-2-4-15/h9-11,15-16H,1-8H2,(H,22,23). The molecule has 1 saturated heterocycles. The van der Waals surface area contributed by atoms with Crippen molar-refractivity contribution in [1.29, 1.82) is 0 Å². The third-order valence-electron chi connectivity index (χ3n) is 5.04. The molecule has 1 saturated carbocycles. The third-order valence-corrected chi connectivity index (χ3v) is 5.04. The number of nitro groups is 1. The van der Waals surface area contributed by atoms with Gasteiger partial charge in [-0.15, -0.1) is 0 Å². The summed E-state index contributed by atoms with van der Waals surface area (Å²) in [4.78, 5) is 35.8. The molecule has 26 heavy (non-hydrogen) atoms. The molecule has 0 aromatic heterocycles. The first-order chi connectivity index (χ1) is 12.4. The fourth-order valence-electron chi connectivity index (χ4n) is 3.64. The van der Waals surface area contributed by atoms with E-state index in [2.05, 4.69) is 0 Å². The Kier molecular flexibility index (Phi) is 5.51. The van der Waals surface area contributed by atoms with Crippen LogP contribution in [0.4, 0.5) is 5.69 Å². The largest absolute Gasteiger partial charge is 0.478 e. The van der Waals surface area contributed by atoms with Gasteiger partial charge in [-0.3, -0.25) is 14.9 Å². The average Bonchev–Trinajstić information content (AvgIpc) is 3.14. The van der Waals surface area contributed by atoms with Crippen molar-refractivity contribution in [2.24, 2.45) is 0 Å². The summed E-state index contributed by atoms with van der Waals surface area (Å²) in [6, 6.07) is 3.29. The van der Waals surface area contributed by atoms with Crippen LogP contribution in [0.1, 0.15) is 59.2 Å². The molecule has 3 rings (SSSR count). The van der Waals surface area contributed by atoms with Gasteiger partial charge >= 0.3 is 5.97 Å². The second-order valence-electron chi connectivity index (χ2n) is 6.86. The lowest BCUT2D eigenvalue weighted by molar-refractivity contribution is -0.384. The van der Waals surface area contributed by atoms with Crippen LogP contribution in [0.15, 0.2) is 18.2 Å². The summed E-state index contributed by atoms with van der Waals surface area (Å²) < 4.78 is 6.08. The Bertz CT molecular complexity index is 673. The monoisotopic (exact) mass is 362 g/mol. The van der Waals surface area contributed by atoms with Crippen LogP contribution in [0.25, 0.3) is 0 Å². The number of hydrogen-bond donors (Lipinski definition) is 1. The second-order valence-corrected chi connectivity index (χ2v) is 6.86. The van der Waals surface area contributed by atoms with Gasteiger partial charge in [-0.1, -0.05) is 12.8 Å². The molecule has 2 fully saturated rings. The average molecular weight is 362 g/mol. The van der Waals surface area contributed by atoms with E-state index in [0.717, 1.165) is 37.8 Å². The molecule has 1 amide bonds. The molecule has 8 heteroatoms. The third kappa shape index (κ3) is 4.19. The lowest BCUT2D eigenvalue weighted by Crippen LogP contribution is -2.41. The van der Waals surface area contributed by atoms with Gasteiger partial charge in [-0.25, -0.2) is 4.79 Å². The smallest absolute Gasteiger partial charge is 0.335 e. The molecular formula is C18H22N2O6. The van der Waals surface area contributed by atoms with Crippen LogP contribution in [0, 0.1) is 10.1 Å². The quantitative estimate of drug-likeness (QED) is 0.637. The van der Waals surface area contributed by atoms with Crippen molar-refractivity contribution in [2.75, 3.05) is 13.1 Å².